The molecule has 0 saturated carbocycles. The molecule has 0 aliphatic rings. The number of carbonyl (C=O) groups excluding carboxylic acids is 2. The highest BCUT2D eigenvalue weighted by atomic mass is 16.2. The molecule has 0 spiro atoms. The molecule has 21 heavy (non-hydrogen) atoms. The maximum absolute atomic E-state index is 12.5. The molecule has 0 atom stereocenters. The third-order valence-corrected chi connectivity index (χ3v) is 3.36. The van der Waals surface area contributed by atoms with Crippen molar-refractivity contribution in [2.75, 3.05) is 7.05 Å². The number of aryl methyl sites for hydroxylation is 2. The van der Waals surface area contributed by atoms with Crippen LogP contribution >= 0.6 is 0 Å². The average molecular weight is 289 g/mol. The third-order valence-electron chi connectivity index (χ3n) is 3.36. The Labute approximate surface area is 125 Å². The molecule has 5 heteroatoms. The lowest BCUT2D eigenvalue weighted by Gasteiger charge is -2.16. The van der Waals surface area contributed by atoms with Crippen LogP contribution in [0.1, 0.15) is 47.8 Å². The van der Waals surface area contributed by atoms with E-state index in [4.69, 9.17) is 5.73 Å². The van der Waals surface area contributed by atoms with Gasteiger partial charge in [0.1, 0.15) is 0 Å². The first-order chi connectivity index (χ1) is 9.99. The van der Waals surface area contributed by atoms with Crippen molar-refractivity contribution in [2.24, 2.45) is 10.8 Å². The number of carbonyl (C=O) groups is 2. The molecule has 0 aromatic heterocycles. The van der Waals surface area contributed by atoms with Crippen LogP contribution in [0.5, 0.6) is 0 Å². The van der Waals surface area contributed by atoms with Gasteiger partial charge < -0.3 is 5.73 Å². The SMILES string of the molecule is CC=NN(C)C(=O)C(=O)c1c(CC)cc(CN)cc1CC. The van der Waals surface area contributed by atoms with Crippen molar-refractivity contribution in [2.45, 2.75) is 40.2 Å². The van der Waals surface area contributed by atoms with Crippen molar-refractivity contribution in [3.05, 3.63) is 34.4 Å². The molecule has 1 amide bonds. The van der Waals surface area contributed by atoms with Gasteiger partial charge in [0.25, 0.3) is 5.78 Å². The average Bonchev–Trinajstić information content (AvgIpc) is 2.51. The van der Waals surface area contributed by atoms with Crippen LogP contribution in [-0.2, 0) is 24.2 Å². The number of rotatable bonds is 6. The van der Waals surface area contributed by atoms with E-state index < -0.39 is 11.7 Å². The molecule has 1 aromatic carbocycles. The van der Waals surface area contributed by atoms with Crippen LogP contribution in [0.25, 0.3) is 0 Å². The normalized spacial score (nSPS) is 10.9. The van der Waals surface area contributed by atoms with Gasteiger partial charge in [0.15, 0.2) is 0 Å². The molecule has 0 fully saturated rings. The molecule has 0 aliphatic heterocycles. The minimum atomic E-state index is -0.627. The first kappa shape index (κ1) is 17.0. The summed E-state index contributed by atoms with van der Waals surface area (Å²) < 4.78 is 0. The van der Waals surface area contributed by atoms with Crippen molar-refractivity contribution in [3.8, 4) is 0 Å². The van der Waals surface area contributed by atoms with Gasteiger partial charge in [0.05, 0.1) is 0 Å². The summed E-state index contributed by atoms with van der Waals surface area (Å²) in [5.41, 5.74) is 8.90. The van der Waals surface area contributed by atoms with Gasteiger partial charge in [-0.25, -0.2) is 5.01 Å². The first-order valence-corrected chi connectivity index (χ1v) is 7.15. The molecule has 0 radical (unpaired) electrons. The number of hydrazone groups is 1. The fourth-order valence-corrected chi connectivity index (χ4v) is 2.29. The number of amides is 1. The van der Waals surface area contributed by atoms with Gasteiger partial charge in [0.2, 0.25) is 0 Å². The Balaban J connectivity index is 3.34. The highest BCUT2D eigenvalue weighted by Gasteiger charge is 2.25. The Morgan fingerprint density at radius 1 is 1.24 bits per heavy atom. The Hall–Kier alpha value is -2.01. The van der Waals surface area contributed by atoms with Gasteiger partial charge in [-0.1, -0.05) is 26.0 Å². The van der Waals surface area contributed by atoms with Crippen molar-refractivity contribution >= 4 is 17.9 Å². The Kier molecular flexibility index (Phi) is 6.24. The van der Waals surface area contributed by atoms with Crippen LogP contribution in [-0.4, -0.2) is 30.0 Å². The largest absolute Gasteiger partial charge is 0.326 e. The topological polar surface area (TPSA) is 75.8 Å². The molecule has 0 saturated heterocycles. The van der Waals surface area contributed by atoms with Gasteiger partial charge in [-0.2, -0.15) is 5.10 Å². The maximum Gasteiger partial charge on any atom is 0.314 e. The molecule has 0 unspecified atom stereocenters. The number of benzene rings is 1. The van der Waals surface area contributed by atoms with E-state index in [1.807, 2.05) is 26.0 Å². The van der Waals surface area contributed by atoms with Gasteiger partial charge >= 0.3 is 5.91 Å². The minimum Gasteiger partial charge on any atom is -0.326 e. The zero-order valence-corrected chi connectivity index (χ0v) is 13.1. The van der Waals surface area contributed by atoms with E-state index >= 15 is 0 Å². The van der Waals surface area contributed by atoms with Crippen LogP contribution in [0.3, 0.4) is 0 Å². The monoisotopic (exact) mass is 289 g/mol. The standard InChI is InChI=1S/C16H23N3O2/c1-5-12-8-11(10-17)9-13(6-2)14(12)15(20)16(21)19(4)18-7-3/h7-9H,5-6,10,17H2,1-4H3. The first-order valence-electron chi connectivity index (χ1n) is 7.15. The predicted octanol–water partition coefficient (Wildman–Crippen LogP) is 1.92. The van der Waals surface area contributed by atoms with Gasteiger partial charge in [-0.05, 0) is 36.5 Å². The summed E-state index contributed by atoms with van der Waals surface area (Å²) in [5, 5.41) is 4.90. The molecule has 1 aromatic rings. The summed E-state index contributed by atoms with van der Waals surface area (Å²) in [6.45, 7) is 6.04. The fourth-order valence-electron chi connectivity index (χ4n) is 2.29. The summed E-state index contributed by atoms with van der Waals surface area (Å²) >= 11 is 0. The fraction of sp³-hybridized carbons (Fsp3) is 0.438. The molecule has 0 heterocycles. The summed E-state index contributed by atoms with van der Waals surface area (Å²) in [7, 11) is 1.48. The second kappa shape index (κ2) is 7.69. The number of hydrogen-bond acceptors (Lipinski definition) is 4. The smallest absolute Gasteiger partial charge is 0.314 e. The Morgan fingerprint density at radius 3 is 2.14 bits per heavy atom. The van der Waals surface area contributed by atoms with Crippen molar-refractivity contribution in [1.29, 1.82) is 0 Å². The summed E-state index contributed by atoms with van der Waals surface area (Å²) in [6.07, 6.45) is 2.83. The lowest BCUT2D eigenvalue weighted by molar-refractivity contribution is -0.125. The summed E-state index contributed by atoms with van der Waals surface area (Å²) in [4.78, 5) is 24.7. The van der Waals surface area contributed by atoms with Crippen LogP contribution in [0.2, 0.25) is 0 Å². The maximum atomic E-state index is 12.5. The predicted molar refractivity (Wildman–Crippen MR) is 84.4 cm³/mol. The molecular weight excluding hydrogens is 266 g/mol. The van der Waals surface area contributed by atoms with Crippen LogP contribution in [0, 0.1) is 0 Å². The summed E-state index contributed by atoms with van der Waals surface area (Å²) in [5.74, 6) is -1.14. The van der Waals surface area contributed by atoms with Gasteiger partial charge in [-0.3, -0.25) is 9.59 Å². The molecule has 1 rings (SSSR count). The zero-order chi connectivity index (χ0) is 16.0. The van der Waals surface area contributed by atoms with Crippen LogP contribution < -0.4 is 5.73 Å². The second-order valence-electron chi connectivity index (χ2n) is 4.73. The quantitative estimate of drug-likeness (QED) is 0.376. The molecule has 114 valence electrons. The third kappa shape index (κ3) is 3.76. The molecule has 2 N–H and O–H groups in total. The minimum absolute atomic E-state index is 0.419. The number of nitrogens with two attached hydrogens (primary N) is 1. The molecular formula is C16H23N3O2. The summed E-state index contributed by atoms with van der Waals surface area (Å²) in [6, 6.07) is 3.81. The Bertz CT molecular complexity index is 540. The Morgan fingerprint density at radius 2 is 1.76 bits per heavy atom. The number of nitrogens with zero attached hydrogens (tertiary/aromatic N) is 2. The van der Waals surface area contributed by atoms with E-state index in [2.05, 4.69) is 5.10 Å². The highest BCUT2D eigenvalue weighted by molar-refractivity contribution is 6.43. The lowest BCUT2D eigenvalue weighted by atomic mass is 9.91. The van der Waals surface area contributed by atoms with E-state index in [9.17, 15) is 9.59 Å². The van der Waals surface area contributed by atoms with Gasteiger partial charge in [-0.15, -0.1) is 0 Å². The number of ketones is 1. The number of Topliss-reactive ketones (excluding diaryl/α,β-unsaturated/α-hetero) is 1. The van der Waals surface area contributed by atoms with E-state index in [0.29, 0.717) is 24.9 Å². The van der Waals surface area contributed by atoms with Gasteiger partial charge in [0, 0.05) is 25.4 Å². The molecule has 5 nitrogen and oxygen atoms in total. The lowest BCUT2D eigenvalue weighted by Crippen LogP contribution is -2.31. The van der Waals surface area contributed by atoms with Crippen molar-refractivity contribution < 1.29 is 9.59 Å². The highest BCUT2D eigenvalue weighted by Crippen LogP contribution is 2.21. The number of likely N-dealkylation sites (N-methyl/N-ethyl adjacent to an activating group) is 1. The van der Waals surface area contributed by atoms with E-state index in [1.54, 1.807) is 6.92 Å². The van der Waals surface area contributed by atoms with Crippen molar-refractivity contribution in [1.82, 2.24) is 5.01 Å². The molecule has 0 bridgehead atoms. The van der Waals surface area contributed by atoms with Crippen molar-refractivity contribution in [3.63, 3.8) is 0 Å². The second-order valence-corrected chi connectivity index (χ2v) is 4.73. The van der Waals surface area contributed by atoms with E-state index in [1.165, 1.54) is 13.3 Å². The van der Waals surface area contributed by atoms with Crippen LogP contribution in [0.15, 0.2) is 17.2 Å². The zero-order valence-electron chi connectivity index (χ0n) is 13.1. The van der Waals surface area contributed by atoms with E-state index in [-0.39, 0.29) is 0 Å². The van der Waals surface area contributed by atoms with Crippen LogP contribution in [0.4, 0.5) is 0 Å². The number of hydrogen-bond donors (Lipinski definition) is 1. The molecule has 0 aliphatic carbocycles. The van der Waals surface area contributed by atoms with E-state index in [0.717, 1.165) is 21.7 Å².